The SMILES string of the molecule is COCCN(CC(=O)N(C)C)C(=O)CC(C)(C)CC(=O)O. The van der Waals surface area contributed by atoms with E-state index in [1.54, 1.807) is 27.9 Å². The van der Waals surface area contributed by atoms with E-state index in [0.29, 0.717) is 13.2 Å². The number of hydrogen-bond donors (Lipinski definition) is 1. The Balaban J connectivity index is 4.78. The summed E-state index contributed by atoms with van der Waals surface area (Å²) in [5.41, 5.74) is -0.657. The van der Waals surface area contributed by atoms with E-state index in [0.717, 1.165) is 0 Å². The Hall–Kier alpha value is -1.63. The molecule has 0 radical (unpaired) electrons. The number of carboxylic acid groups (broad SMARTS) is 1. The third-order valence-corrected chi connectivity index (χ3v) is 3.00. The largest absolute Gasteiger partial charge is 0.481 e. The van der Waals surface area contributed by atoms with Crippen LogP contribution >= 0.6 is 0 Å². The van der Waals surface area contributed by atoms with Crippen molar-refractivity contribution in [2.24, 2.45) is 5.41 Å². The van der Waals surface area contributed by atoms with Crippen LogP contribution in [0.5, 0.6) is 0 Å². The lowest BCUT2D eigenvalue weighted by Crippen LogP contribution is -2.43. The van der Waals surface area contributed by atoms with Crippen molar-refractivity contribution in [3.63, 3.8) is 0 Å². The van der Waals surface area contributed by atoms with Crippen LogP contribution in [0.2, 0.25) is 0 Å². The maximum absolute atomic E-state index is 12.3. The average molecular weight is 302 g/mol. The second kappa shape index (κ2) is 8.61. The second-order valence-electron chi connectivity index (χ2n) is 6.01. The first-order valence-corrected chi connectivity index (χ1v) is 6.77. The predicted molar refractivity (Wildman–Crippen MR) is 77.8 cm³/mol. The van der Waals surface area contributed by atoms with E-state index in [1.165, 1.54) is 16.9 Å². The number of methoxy groups -OCH3 is 1. The van der Waals surface area contributed by atoms with E-state index < -0.39 is 11.4 Å². The summed E-state index contributed by atoms with van der Waals surface area (Å²) in [6.45, 7) is 4.05. The highest BCUT2D eigenvalue weighted by atomic mass is 16.5. The van der Waals surface area contributed by atoms with E-state index in [2.05, 4.69) is 0 Å². The molecule has 0 saturated heterocycles. The lowest BCUT2D eigenvalue weighted by Gasteiger charge is -2.28. The van der Waals surface area contributed by atoms with Crippen molar-refractivity contribution >= 4 is 17.8 Å². The number of amides is 2. The van der Waals surface area contributed by atoms with Crippen LogP contribution in [0.15, 0.2) is 0 Å². The Morgan fingerprint density at radius 2 is 1.67 bits per heavy atom. The summed E-state index contributed by atoms with van der Waals surface area (Å²) in [6, 6.07) is 0. The van der Waals surface area contributed by atoms with Crippen LogP contribution in [0.25, 0.3) is 0 Å². The maximum Gasteiger partial charge on any atom is 0.303 e. The molecule has 0 aromatic heterocycles. The van der Waals surface area contributed by atoms with Gasteiger partial charge in [0.25, 0.3) is 0 Å². The molecule has 0 unspecified atom stereocenters. The molecule has 0 saturated carbocycles. The van der Waals surface area contributed by atoms with Gasteiger partial charge in [0.15, 0.2) is 0 Å². The lowest BCUT2D eigenvalue weighted by molar-refractivity contribution is -0.143. The van der Waals surface area contributed by atoms with Crippen molar-refractivity contribution in [1.82, 2.24) is 9.80 Å². The quantitative estimate of drug-likeness (QED) is 0.668. The fraction of sp³-hybridized carbons (Fsp3) is 0.786. The molecule has 0 aliphatic rings. The fourth-order valence-electron chi connectivity index (χ4n) is 1.79. The Bertz CT molecular complexity index is 380. The molecule has 1 N–H and O–H groups in total. The molecule has 21 heavy (non-hydrogen) atoms. The topological polar surface area (TPSA) is 87.2 Å². The third kappa shape index (κ3) is 8.29. The minimum Gasteiger partial charge on any atom is -0.481 e. The zero-order valence-electron chi connectivity index (χ0n) is 13.5. The van der Waals surface area contributed by atoms with Gasteiger partial charge in [-0.05, 0) is 5.41 Å². The summed E-state index contributed by atoms with van der Waals surface area (Å²) in [4.78, 5) is 37.7. The summed E-state index contributed by atoms with van der Waals surface area (Å²) >= 11 is 0. The van der Waals surface area contributed by atoms with Gasteiger partial charge < -0.3 is 19.6 Å². The number of carbonyl (C=O) groups is 3. The van der Waals surface area contributed by atoms with E-state index in [9.17, 15) is 14.4 Å². The Kier molecular flexibility index (Phi) is 7.94. The van der Waals surface area contributed by atoms with Gasteiger partial charge in [0.05, 0.1) is 19.6 Å². The first-order valence-electron chi connectivity index (χ1n) is 6.77. The highest BCUT2D eigenvalue weighted by Gasteiger charge is 2.28. The highest BCUT2D eigenvalue weighted by molar-refractivity contribution is 5.85. The molecule has 0 atom stereocenters. The maximum atomic E-state index is 12.3. The van der Waals surface area contributed by atoms with Crippen molar-refractivity contribution < 1.29 is 24.2 Å². The molecule has 0 fully saturated rings. The van der Waals surface area contributed by atoms with Crippen molar-refractivity contribution in [2.75, 3.05) is 40.9 Å². The molecule has 0 aromatic rings. The fourth-order valence-corrected chi connectivity index (χ4v) is 1.79. The normalized spacial score (nSPS) is 11.1. The number of nitrogens with zero attached hydrogens (tertiary/aromatic N) is 2. The zero-order valence-corrected chi connectivity index (χ0v) is 13.5. The summed E-state index contributed by atoms with van der Waals surface area (Å²) in [5.74, 6) is -1.37. The van der Waals surface area contributed by atoms with Crippen molar-refractivity contribution in [2.45, 2.75) is 26.7 Å². The van der Waals surface area contributed by atoms with E-state index in [1.807, 2.05) is 0 Å². The molecular formula is C14H26N2O5. The van der Waals surface area contributed by atoms with Gasteiger partial charge >= 0.3 is 5.97 Å². The minimum absolute atomic E-state index is 0.0294. The Labute approximate surface area is 125 Å². The molecule has 122 valence electrons. The summed E-state index contributed by atoms with van der Waals surface area (Å²) in [6.07, 6.45) is -0.0256. The van der Waals surface area contributed by atoms with Crippen LogP contribution in [0.3, 0.4) is 0 Å². The van der Waals surface area contributed by atoms with Gasteiger partial charge in [-0.2, -0.15) is 0 Å². The molecule has 0 aromatic carbocycles. The molecule has 0 aliphatic carbocycles. The smallest absolute Gasteiger partial charge is 0.303 e. The van der Waals surface area contributed by atoms with Crippen molar-refractivity contribution in [3.05, 3.63) is 0 Å². The van der Waals surface area contributed by atoms with Crippen LogP contribution in [0.1, 0.15) is 26.7 Å². The highest BCUT2D eigenvalue weighted by Crippen LogP contribution is 2.25. The number of rotatable bonds is 9. The van der Waals surface area contributed by atoms with Gasteiger partial charge in [0, 0.05) is 34.2 Å². The molecular weight excluding hydrogens is 276 g/mol. The Morgan fingerprint density at radius 1 is 1.10 bits per heavy atom. The molecule has 0 aliphatic heterocycles. The summed E-state index contributed by atoms with van der Waals surface area (Å²) in [5, 5.41) is 8.85. The van der Waals surface area contributed by atoms with E-state index in [4.69, 9.17) is 9.84 Å². The first-order chi connectivity index (χ1) is 9.59. The summed E-state index contributed by atoms with van der Waals surface area (Å²) < 4.78 is 4.95. The van der Waals surface area contributed by atoms with Crippen molar-refractivity contribution in [1.29, 1.82) is 0 Å². The molecule has 0 bridgehead atoms. The predicted octanol–water partition coefficient (Wildman–Crippen LogP) is 0.441. The van der Waals surface area contributed by atoms with Gasteiger partial charge in [-0.3, -0.25) is 14.4 Å². The third-order valence-electron chi connectivity index (χ3n) is 3.00. The van der Waals surface area contributed by atoms with E-state index >= 15 is 0 Å². The number of ether oxygens (including phenoxy) is 1. The number of aliphatic carboxylic acids is 1. The molecule has 0 heterocycles. The van der Waals surface area contributed by atoms with E-state index in [-0.39, 0.29) is 31.2 Å². The average Bonchev–Trinajstić information content (AvgIpc) is 2.31. The van der Waals surface area contributed by atoms with Crippen LogP contribution in [-0.2, 0) is 19.1 Å². The standard InChI is InChI=1S/C14H26N2O5/c1-14(2,9-13(19)20)8-11(17)16(6-7-21-5)10-12(18)15(3)4/h6-10H2,1-5H3,(H,19,20). The molecule has 7 nitrogen and oxygen atoms in total. The minimum atomic E-state index is -0.944. The molecule has 7 heteroatoms. The zero-order chi connectivity index (χ0) is 16.6. The molecule has 0 rings (SSSR count). The van der Waals surface area contributed by atoms with Crippen LogP contribution in [0.4, 0.5) is 0 Å². The first kappa shape index (κ1) is 19.4. The van der Waals surface area contributed by atoms with Gasteiger partial charge in [-0.25, -0.2) is 0 Å². The number of carboxylic acids is 1. The number of carbonyl (C=O) groups excluding carboxylic acids is 2. The van der Waals surface area contributed by atoms with Gasteiger partial charge in [0.2, 0.25) is 11.8 Å². The molecule has 0 spiro atoms. The second-order valence-corrected chi connectivity index (χ2v) is 6.01. The van der Waals surface area contributed by atoms with Crippen LogP contribution in [0, 0.1) is 5.41 Å². The monoisotopic (exact) mass is 302 g/mol. The summed E-state index contributed by atoms with van der Waals surface area (Å²) in [7, 11) is 4.76. The van der Waals surface area contributed by atoms with Gasteiger partial charge in [0.1, 0.15) is 0 Å². The van der Waals surface area contributed by atoms with Crippen LogP contribution in [-0.4, -0.2) is 73.6 Å². The van der Waals surface area contributed by atoms with Crippen LogP contribution < -0.4 is 0 Å². The lowest BCUT2D eigenvalue weighted by atomic mass is 9.85. The van der Waals surface area contributed by atoms with Gasteiger partial charge in [-0.15, -0.1) is 0 Å². The Morgan fingerprint density at radius 3 is 2.10 bits per heavy atom. The van der Waals surface area contributed by atoms with Crippen molar-refractivity contribution in [3.8, 4) is 0 Å². The number of likely N-dealkylation sites (N-methyl/N-ethyl adjacent to an activating group) is 1. The number of hydrogen-bond acceptors (Lipinski definition) is 4. The molecule has 2 amide bonds. The van der Waals surface area contributed by atoms with Gasteiger partial charge in [-0.1, -0.05) is 13.8 Å².